The Labute approximate surface area is 147 Å². The van der Waals surface area contributed by atoms with E-state index < -0.39 is 17.7 Å². The van der Waals surface area contributed by atoms with Crippen molar-refractivity contribution in [1.29, 1.82) is 0 Å². The molecule has 1 amide bonds. The first-order chi connectivity index (χ1) is 12.0. The summed E-state index contributed by atoms with van der Waals surface area (Å²) in [7, 11) is 1.49. The second-order valence-electron chi connectivity index (χ2n) is 5.92. The van der Waals surface area contributed by atoms with E-state index in [0.717, 1.165) is 12.8 Å². The molecule has 134 valence electrons. The molecule has 1 aromatic carbocycles. The fourth-order valence-electron chi connectivity index (χ4n) is 2.93. The Morgan fingerprint density at radius 2 is 2.04 bits per heavy atom. The molecule has 1 atom stereocenters. The Morgan fingerprint density at radius 3 is 2.68 bits per heavy atom. The van der Waals surface area contributed by atoms with Gasteiger partial charge in [0.1, 0.15) is 6.61 Å². The zero-order valence-electron chi connectivity index (χ0n) is 14.6. The molecule has 0 N–H and O–H groups in total. The lowest BCUT2D eigenvalue weighted by Gasteiger charge is -2.33. The normalized spacial score (nSPS) is 16.9. The van der Waals surface area contributed by atoms with Gasteiger partial charge >= 0.3 is 0 Å². The average molecular weight is 345 g/mol. The quantitative estimate of drug-likeness (QED) is 0.431. The second kappa shape index (κ2) is 8.46. The SMILES string of the molecule is C=CCOc1cc(C(=O)C(=O)N2CCCC[C@H]2C(C)=O)ccc1OC. The summed E-state index contributed by atoms with van der Waals surface area (Å²) in [4.78, 5) is 38.4. The molecule has 2 rings (SSSR count). The van der Waals surface area contributed by atoms with Crippen molar-refractivity contribution in [2.24, 2.45) is 0 Å². The third-order valence-electron chi connectivity index (χ3n) is 4.21. The molecule has 0 aromatic heterocycles. The number of likely N-dealkylation sites (tertiary alicyclic amines) is 1. The van der Waals surface area contributed by atoms with Crippen molar-refractivity contribution in [2.75, 3.05) is 20.3 Å². The third kappa shape index (κ3) is 4.26. The minimum absolute atomic E-state index is 0.0920. The zero-order valence-corrected chi connectivity index (χ0v) is 14.6. The molecule has 1 saturated heterocycles. The number of hydrogen-bond acceptors (Lipinski definition) is 5. The molecule has 0 bridgehead atoms. The van der Waals surface area contributed by atoms with Gasteiger partial charge in [0.05, 0.1) is 13.2 Å². The predicted molar refractivity (Wildman–Crippen MR) is 93.0 cm³/mol. The number of nitrogens with zero attached hydrogens (tertiary/aromatic N) is 1. The van der Waals surface area contributed by atoms with Gasteiger partial charge in [0.25, 0.3) is 11.7 Å². The highest BCUT2D eigenvalue weighted by molar-refractivity contribution is 6.43. The minimum Gasteiger partial charge on any atom is -0.493 e. The van der Waals surface area contributed by atoms with Crippen molar-refractivity contribution >= 4 is 17.5 Å². The molecule has 1 aromatic rings. The Balaban J connectivity index is 2.25. The number of ketones is 2. The Morgan fingerprint density at radius 1 is 1.28 bits per heavy atom. The van der Waals surface area contributed by atoms with Crippen molar-refractivity contribution in [3.63, 3.8) is 0 Å². The molecule has 1 aliphatic rings. The van der Waals surface area contributed by atoms with Crippen molar-refractivity contribution in [3.05, 3.63) is 36.4 Å². The summed E-state index contributed by atoms with van der Waals surface area (Å²) in [6.45, 7) is 5.70. The van der Waals surface area contributed by atoms with Crippen molar-refractivity contribution in [3.8, 4) is 11.5 Å². The van der Waals surface area contributed by atoms with E-state index in [1.807, 2.05) is 0 Å². The number of amides is 1. The summed E-state index contributed by atoms with van der Waals surface area (Å²) in [5.41, 5.74) is 0.206. The van der Waals surface area contributed by atoms with Gasteiger partial charge in [-0.05, 0) is 44.4 Å². The lowest BCUT2D eigenvalue weighted by atomic mass is 9.97. The highest BCUT2D eigenvalue weighted by Crippen LogP contribution is 2.29. The average Bonchev–Trinajstić information content (AvgIpc) is 2.64. The molecule has 0 aliphatic carbocycles. The van der Waals surface area contributed by atoms with E-state index in [0.29, 0.717) is 24.5 Å². The molecule has 1 fully saturated rings. The molecule has 25 heavy (non-hydrogen) atoms. The number of ether oxygens (including phenoxy) is 2. The van der Waals surface area contributed by atoms with Crippen LogP contribution < -0.4 is 9.47 Å². The minimum atomic E-state index is -0.653. The molecule has 0 unspecified atom stereocenters. The van der Waals surface area contributed by atoms with Crippen LogP contribution in [0.2, 0.25) is 0 Å². The standard InChI is InChI=1S/C19H23NO5/c1-4-11-25-17-12-14(8-9-16(17)24-3)18(22)19(23)20-10-6-5-7-15(20)13(2)21/h4,8-9,12,15H,1,5-7,10-11H2,2-3H3/t15-/m0/s1. The number of rotatable bonds is 7. The van der Waals surface area contributed by atoms with Crippen LogP contribution in [0.5, 0.6) is 11.5 Å². The first-order valence-electron chi connectivity index (χ1n) is 8.27. The van der Waals surface area contributed by atoms with E-state index in [-0.39, 0.29) is 18.0 Å². The van der Waals surface area contributed by atoms with Crippen LogP contribution in [0, 0.1) is 0 Å². The monoisotopic (exact) mass is 345 g/mol. The summed E-state index contributed by atoms with van der Waals surface area (Å²) >= 11 is 0. The Kier molecular flexibility index (Phi) is 6.33. The first-order valence-corrected chi connectivity index (χ1v) is 8.27. The number of methoxy groups -OCH3 is 1. The van der Waals surface area contributed by atoms with E-state index in [2.05, 4.69) is 6.58 Å². The molecule has 6 heteroatoms. The smallest absolute Gasteiger partial charge is 0.295 e. The van der Waals surface area contributed by atoms with Gasteiger partial charge in [-0.1, -0.05) is 12.7 Å². The van der Waals surface area contributed by atoms with E-state index >= 15 is 0 Å². The summed E-state index contributed by atoms with van der Waals surface area (Å²) in [5, 5.41) is 0. The van der Waals surface area contributed by atoms with Crippen LogP contribution in [-0.2, 0) is 9.59 Å². The van der Waals surface area contributed by atoms with Crippen LogP contribution >= 0.6 is 0 Å². The van der Waals surface area contributed by atoms with Gasteiger partial charge < -0.3 is 14.4 Å². The first kappa shape index (κ1) is 18.7. The largest absolute Gasteiger partial charge is 0.493 e. The lowest BCUT2D eigenvalue weighted by Crippen LogP contribution is -2.49. The highest BCUT2D eigenvalue weighted by Gasteiger charge is 2.33. The molecular weight excluding hydrogens is 322 g/mol. The van der Waals surface area contributed by atoms with E-state index in [4.69, 9.17) is 9.47 Å². The molecule has 0 radical (unpaired) electrons. The van der Waals surface area contributed by atoms with E-state index in [9.17, 15) is 14.4 Å². The Hall–Kier alpha value is -2.63. The van der Waals surface area contributed by atoms with Gasteiger partial charge in [-0.15, -0.1) is 0 Å². The number of Topliss-reactive ketones (excluding diaryl/α,β-unsaturated/α-hetero) is 2. The van der Waals surface area contributed by atoms with Crippen molar-refractivity contribution in [2.45, 2.75) is 32.2 Å². The summed E-state index contributed by atoms with van der Waals surface area (Å²) < 4.78 is 10.7. The highest BCUT2D eigenvalue weighted by atomic mass is 16.5. The number of carbonyl (C=O) groups is 3. The molecule has 1 heterocycles. The van der Waals surface area contributed by atoms with Gasteiger partial charge in [0.2, 0.25) is 0 Å². The number of benzene rings is 1. The maximum Gasteiger partial charge on any atom is 0.295 e. The maximum atomic E-state index is 12.6. The zero-order chi connectivity index (χ0) is 18.4. The number of hydrogen-bond donors (Lipinski definition) is 0. The molecule has 0 spiro atoms. The van der Waals surface area contributed by atoms with Crippen LogP contribution in [0.4, 0.5) is 0 Å². The number of carbonyl (C=O) groups excluding carboxylic acids is 3. The molecular formula is C19H23NO5. The van der Waals surface area contributed by atoms with Crippen molar-refractivity contribution < 1.29 is 23.9 Å². The fraction of sp³-hybridized carbons (Fsp3) is 0.421. The summed E-state index contributed by atoms with van der Waals surface area (Å²) in [6, 6.07) is 4.07. The Bertz CT molecular complexity index is 682. The van der Waals surface area contributed by atoms with Crippen LogP contribution in [0.15, 0.2) is 30.9 Å². The maximum absolute atomic E-state index is 12.6. The summed E-state index contributed by atoms with van der Waals surface area (Å²) in [6.07, 6.45) is 3.85. The van der Waals surface area contributed by atoms with E-state index in [1.54, 1.807) is 12.1 Å². The fourth-order valence-corrected chi connectivity index (χ4v) is 2.93. The predicted octanol–water partition coefficient (Wildman–Crippen LogP) is 2.41. The van der Waals surface area contributed by atoms with Crippen LogP contribution in [0.3, 0.4) is 0 Å². The molecule has 1 aliphatic heterocycles. The number of piperidine rings is 1. The van der Waals surface area contributed by atoms with Crippen LogP contribution in [0.1, 0.15) is 36.5 Å². The van der Waals surface area contributed by atoms with Gasteiger partial charge in [-0.3, -0.25) is 14.4 Å². The molecule has 6 nitrogen and oxygen atoms in total. The third-order valence-corrected chi connectivity index (χ3v) is 4.21. The van der Waals surface area contributed by atoms with Crippen LogP contribution in [-0.4, -0.2) is 48.7 Å². The summed E-state index contributed by atoms with van der Waals surface area (Å²) in [5.74, 6) is -0.571. The van der Waals surface area contributed by atoms with Gasteiger partial charge in [-0.25, -0.2) is 0 Å². The molecule has 0 saturated carbocycles. The van der Waals surface area contributed by atoms with Crippen molar-refractivity contribution in [1.82, 2.24) is 4.90 Å². The van der Waals surface area contributed by atoms with E-state index in [1.165, 1.54) is 31.1 Å². The topological polar surface area (TPSA) is 72.9 Å². The lowest BCUT2D eigenvalue weighted by molar-refractivity contribution is -0.136. The van der Waals surface area contributed by atoms with Gasteiger partial charge in [-0.2, -0.15) is 0 Å². The second-order valence-corrected chi connectivity index (χ2v) is 5.92. The van der Waals surface area contributed by atoms with Gasteiger partial charge in [0, 0.05) is 12.1 Å². The van der Waals surface area contributed by atoms with Gasteiger partial charge in [0.15, 0.2) is 17.3 Å². The van der Waals surface area contributed by atoms with Crippen LogP contribution in [0.25, 0.3) is 0 Å².